The quantitative estimate of drug-likeness (QED) is 0.258. The summed E-state index contributed by atoms with van der Waals surface area (Å²) in [5, 5.41) is 6.22. The van der Waals surface area contributed by atoms with Gasteiger partial charge in [0.15, 0.2) is 5.82 Å². The van der Waals surface area contributed by atoms with E-state index in [9.17, 15) is 9.59 Å². The summed E-state index contributed by atoms with van der Waals surface area (Å²) in [6.07, 6.45) is 1.56. The fourth-order valence-corrected chi connectivity index (χ4v) is 5.12. The number of hydrogen-bond donors (Lipinski definition) is 3. The third-order valence-corrected chi connectivity index (χ3v) is 7.24. The zero-order valence-electron chi connectivity index (χ0n) is 22.8. The fraction of sp³-hybridized carbons (Fsp3) is 0.267. The molecule has 2 aromatic carbocycles. The van der Waals surface area contributed by atoms with Crippen LogP contribution in [0.1, 0.15) is 52.6 Å². The lowest BCUT2D eigenvalue weighted by molar-refractivity contribution is -0.124. The van der Waals surface area contributed by atoms with Crippen molar-refractivity contribution in [2.24, 2.45) is 0 Å². The van der Waals surface area contributed by atoms with Crippen LogP contribution in [0.25, 0.3) is 0 Å². The minimum absolute atomic E-state index is 0. The number of nitrogens with zero attached hydrogens (tertiary/aromatic N) is 3. The third-order valence-electron chi connectivity index (χ3n) is 7.24. The van der Waals surface area contributed by atoms with E-state index in [1.54, 1.807) is 19.4 Å². The highest BCUT2D eigenvalue weighted by molar-refractivity contribution is 5.85. The number of anilines is 2. The molecule has 4 aromatic rings. The van der Waals surface area contributed by atoms with Gasteiger partial charge < -0.3 is 21.1 Å². The number of benzene rings is 2. The second-order valence-corrected chi connectivity index (χ2v) is 9.64. The molecule has 0 aliphatic carbocycles. The number of hydrogen-bond acceptors (Lipinski definition) is 7. The predicted molar refractivity (Wildman–Crippen MR) is 165 cm³/mol. The molecule has 1 amide bonds. The first-order valence-electron chi connectivity index (χ1n) is 12.9. The van der Waals surface area contributed by atoms with E-state index < -0.39 is 12.1 Å². The number of aromatic nitrogens is 3. The molecule has 11 heteroatoms. The van der Waals surface area contributed by atoms with Crippen molar-refractivity contribution in [1.82, 2.24) is 19.9 Å². The Kier molecular flexibility index (Phi) is 10.9. The molecule has 0 unspecified atom stereocenters. The van der Waals surface area contributed by atoms with Gasteiger partial charge in [0, 0.05) is 38.2 Å². The van der Waals surface area contributed by atoms with E-state index >= 15 is 0 Å². The molecule has 0 fully saturated rings. The van der Waals surface area contributed by atoms with Gasteiger partial charge in [-0.15, -0.1) is 24.8 Å². The highest BCUT2D eigenvalue weighted by atomic mass is 35.5. The number of carbonyl (C=O) groups excluding carboxylic acids is 1. The Hall–Kier alpha value is -3.92. The zero-order valence-corrected chi connectivity index (χ0v) is 24.5. The fourth-order valence-electron chi connectivity index (χ4n) is 5.12. The monoisotopic (exact) mass is 596 g/mol. The first-order valence-corrected chi connectivity index (χ1v) is 12.9. The van der Waals surface area contributed by atoms with Gasteiger partial charge >= 0.3 is 0 Å². The summed E-state index contributed by atoms with van der Waals surface area (Å²) < 4.78 is 7.10. The summed E-state index contributed by atoms with van der Waals surface area (Å²) in [5.74, 6) is 0.368. The van der Waals surface area contributed by atoms with E-state index in [0.29, 0.717) is 24.5 Å². The number of ether oxygens (including phenoxy) is 1. The molecule has 3 heterocycles. The van der Waals surface area contributed by atoms with Crippen LogP contribution in [0, 0.1) is 6.92 Å². The summed E-state index contributed by atoms with van der Waals surface area (Å²) in [7, 11) is 1.57. The summed E-state index contributed by atoms with van der Waals surface area (Å²) in [6.45, 7) is 2.59. The van der Waals surface area contributed by atoms with Gasteiger partial charge in [0.1, 0.15) is 18.0 Å². The lowest BCUT2D eigenvalue weighted by Gasteiger charge is -2.20. The minimum Gasteiger partial charge on any atom is -0.384 e. The van der Waals surface area contributed by atoms with Crippen molar-refractivity contribution in [2.75, 3.05) is 24.7 Å². The first-order chi connectivity index (χ1) is 19.0. The number of carbonyl (C=O) groups is 1. The number of pyridine rings is 1. The van der Waals surface area contributed by atoms with Crippen LogP contribution < -0.4 is 21.9 Å². The van der Waals surface area contributed by atoms with Crippen molar-refractivity contribution >= 4 is 42.4 Å². The Bertz CT molecular complexity index is 1480. The van der Waals surface area contributed by atoms with E-state index in [-0.39, 0.29) is 54.6 Å². The lowest BCUT2D eigenvalue weighted by atomic mass is 9.91. The molecule has 0 saturated heterocycles. The van der Waals surface area contributed by atoms with Crippen LogP contribution in [-0.4, -0.2) is 34.1 Å². The second kappa shape index (κ2) is 14.1. The molecule has 2 aromatic heterocycles. The van der Waals surface area contributed by atoms with E-state index in [1.165, 1.54) is 4.57 Å². The van der Waals surface area contributed by atoms with Crippen LogP contribution in [0.2, 0.25) is 0 Å². The Morgan fingerprint density at radius 1 is 1.05 bits per heavy atom. The first kappa shape index (κ1) is 31.6. The largest absolute Gasteiger partial charge is 0.384 e. The molecule has 41 heavy (non-hydrogen) atoms. The molecular formula is C30H34Cl2N6O3. The summed E-state index contributed by atoms with van der Waals surface area (Å²) in [4.78, 5) is 35.7. The van der Waals surface area contributed by atoms with Crippen molar-refractivity contribution in [3.8, 4) is 0 Å². The third kappa shape index (κ3) is 6.87. The van der Waals surface area contributed by atoms with Gasteiger partial charge in [-0.3, -0.25) is 14.2 Å². The van der Waals surface area contributed by atoms with Gasteiger partial charge in [-0.2, -0.15) is 0 Å². The second-order valence-electron chi connectivity index (χ2n) is 9.64. The van der Waals surface area contributed by atoms with Crippen LogP contribution in [0.4, 0.5) is 11.6 Å². The molecule has 0 saturated carbocycles. The SMILES string of the molecule is CO[C@H]1C[C@@H](C(=O)NCc2ccc(N)nc2C)n2c1cnc(NCC(c1ccccc1)c1ccccc1)c2=O.Cl.Cl. The maximum atomic E-state index is 13.7. The average Bonchev–Trinajstić information content (AvgIpc) is 3.34. The van der Waals surface area contributed by atoms with Gasteiger partial charge in [0.25, 0.3) is 5.56 Å². The Labute approximate surface area is 251 Å². The van der Waals surface area contributed by atoms with Gasteiger partial charge in [0.2, 0.25) is 5.91 Å². The van der Waals surface area contributed by atoms with E-state index in [1.807, 2.05) is 49.4 Å². The number of halogens is 2. The molecule has 0 spiro atoms. The molecular weight excluding hydrogens is 563 g/mol. The van der Waals surface area contributed by atoms with Crippen molar-refractivity contribution in [2.45, 2.75) is 38.0 Å². The Morgan fingerprint density at radius 2 is 1.68 bits per heavy atom. The van der Waals surface area contributed by atoms with Crippen molar-refractivity contribution < 1.29 is 9.53 Å². The van der Waals surface area contributed by atoms with Crippen LogP contribution >= 0.6 is 24.8 Å². The zero-order chi connectivity index (χ0) is 27.4. The van der Waals surface area contributed by atoms with E-state index in [0.717, 1.165) is 22.4 Å². The van der Waals surface area contributed by atoms with Crippen LogP contribution in [-0.2, 0) is 16.1 Å². The Morgan fingerprint density at radius 3 is 2.27 bits per heavy atom. The highest BCUT2D eigenvalue weighted by Gasteiger charge is 2.37. The highest BCUT2D eigenvalue weighted by Crippen LogP contribution is 2.35. The number of nitrogens with one attached hydrogen (secondary N) is 2. The molecule has 1 aliphatic heterocycles. The normalized spacial score (nSPS) is 15.4. The van der Waals surface area contributed by atoms with Gasteiger partial charge in [-0.1, -0.05) is 66.7 Å². The van der Waals surface area contributed by atoms with Crippen molar-refractivity contribution in [1.29, 1.82) is 0 Å². The van der Waals surface area contributed by atoms with Crippen LogP contribution in [0.15, 0.2) is 83.8 Å². The average molecular weight is 598 g/mol. The number of methoxy groups -OCH3 is 1. The number of aryl methyl sites for hydroxylation is 1. The molecule has 5 rings (SSSR count). The van der Waals surface area contributed by atoms with Gasteiger partial charge in [0.05, 0.1) is 11.9 Å². The maximum absolute atomic E-state index is 13.7. The minimum atomic E-state index is -0.720. The summed E-state index contributed by atoms with van der Waals surface area (Å²) in [6, 6.07) is 23.1. The lowest BCUT2D eigenvalue weighted by Crippen LogP contribution is -2.36. The van der Waals surface area contributed by atoms with Crippen molar-refractivity contribution in [3.63, 3.8) is 0 Å². The van der Waals surface area contributed by atoms with E-state index in [4.69, 9.17) is 10.5 Å². The van der Waals surface area contributed by atoms with Crippen molar-refractivity contribution in [3.05, 3.63) is 117 Å². The Balaban J connectivity index is 0.00000231. The smallest absolute Gasteiger partial charge is 0.294 e. The number of nitrogens with two attached hydrogens (primary N) is 1. The topological polar surface area (TPSA) is 124 Å². The summed E-state index contributed by atoms with van der Waals surface area (Å²) in [5.41, 5.74) is 9.84. The molecule has 0 bridgehead atoms. The molecule has 216 valence electrons. The summed E-state index contributed by atoms with van der Waals surface area (Å²) >= 11 is 0. The maximum Gasteiger partial charge on any atom is 0.294 e. The molecule has 4 N–H and O–H groups in total. The number of rotatable bonds is 9. The molecule has 0 radical (unpaired) electrons. The van der Waals surface area contributed by atoms with Gasteiger partial charge in [-0.25, -0.2) is 9.97 Å². The molecule has 1 aliphatic rings. The number of fused-ring (bicyclic) bond motifs is 1. The number of amides is 1. The van der Waals surface area contributed by atoms with E-state index in [2.05, 4.69) is 44.9 Å². The standard InChI is InChI=1S/C30H32N6O3.2ClH/c1-19-22(13-14-27(31)35-19)16-34-29(37)24-15-26(39-2)25-18-33-28(30(38)36(24)25)32-17-23(20-9-5-3-6-10-20)21-11-7-4-8-12-21;;/h3-14,18,23-24,26H,15-17H2,1-2H3,(H2,31,35)(H,32,33)(H,34,37);2*1H/t24-,26-;;/m0../s1. The van der Waals surface area contributed by atoms with Crippen LogP contribution in [0.5, 0.6) is 0 Å². The molecule has 2 atom stereocenters. The van der Waals surface area contributed by atoms with Gasteiger partial charge in [-0.05, 0) is 29.7 Å². The van der Waals surface area contributed by atoms with Crippen LogP contribution in [0.3, 0.4) is 0 Å². The predicted octanol–water partition coefficient (Wildman–Crippen LogP) is 4.57. The molecule has 9 nitrogen and oxygen atoms in total. The number of nitrogen functional groups attached to an aromatic ring is 1.